The molecule has 3 heterocycles. The number of fused-ring (bicyclic) bond motifs is 9. The molecule has 0 bridgehead atoms. The Hall–Kier alpha value is -6.84. The van der Waals surface area contributed by atoms with Crippen molar-refractivity contribution in [3.05, 3.63) is 188 Å². The molecular weight excluding hydrogens is 619 g/mol. The normalized spacial score (nSPS) is 11.9. The monoisotopic (exact) mass is 649 g/mol. The van der Waals surface area contributed by atoms with Gasteiger partial charge in [0.05, 0.1) is 39.0 Å². The van der Waals surface area contributed by atoms with Crippen molar-refractivity contribution in [3.8, 4) is 16.8 Å². The highest BCUT2D eigenvalue weighted by molar-refractivity contribution is 6.25. The third-order valence-electron chi connectivity index (χ3n) is 10.6. The SMILES string of the molecule is c1ccc(-c2ccc(N(c3cccc4c5ccccc5n(-c5ccccc5)c34)c3cccc4c5cccc6c7ccccc7n(c34)c65)cc2)cc1. The number of hydrogen-bond acceptors (Lipinski definition) is 1. The first-order valence-electron chi connectivity index (χ1n) is 17.5. The van der Waals surface area contributed by atoms with Crippen LogP contribution in [-0.4, -0.2) is 8.97 Å². The third-order valence-corrected chi connectivity index (χ3v) is 10.6. The van der Waals surface area contributed by atoms with E-state index in [1.165, 1.54) is 71.0 Å². The molecule has 3 heteroatoms. The molecular formula is C48H31N3. The fourth-order valence-corrected chi connectivity index (χ4v) is 8.50. The van der Waals surface area contributed by atoms with E-state index in [4.69, 9.17) is 0 Å². The Bertz CT molecular complexity index is 3060. The number of hydrogen-bond donors (Lipinski definition) is 0. The van der Waals surface area contributed by atoms with Gasteiger partial charge in [0.25, 0.3) is 0 Å². The molecule has 0 atom stereocenters. The number of anilines is 3. The van der Waals surface area contributed by atoms with Crippen molar-refractivity contribution in [2.45, 2.75) is 0 Å². The van der Waals surface area contributed by atoms with Crippen LogP contribution < -0.4 is 4.90 Å². The molecule has 0 N–H and O–H groups in total. The predicted molar refractivity (Wildman–Crippen MR) is 216 cm³/mol. The second kappa shape index (κ2) is 10.8. The van der Waals surface area contributed by atoms with E-state index in [2.05, 4.69) is 202 Å². The van der Waals surface area contributed by atoms with Crippen molar-refractivity contribution in [1.29, 1.82) is 0 Å². The van der Waals surface area contributed by atoms with Gasteiger partial charge in [0.15, 0.2) is 0 Å². The molecule has 0 fully saturated rings. The molecule has 0 amide bonds. The fourth-order valence-electron chi connectivity index (χ4n) is 8.50. The first-order valence-corrected chi connectivity index (χ1v) is 17.5. The lowest BCUT2D eigenvalue weighted by atomic mass is 10.0. The Morgan fingerprint density at radius 2 is 0.784 bits per heavy atom. The number of benzene rings is 8. The second-order valence-electron chi connectivity index (χ2n) is 13.3. The first kappa shape index (κ1) is 28.0. The number of para-hydroxylation sites is 6. The molecule has 3 nitrogen and oxygen atoms in total. The van der Waals surface area contributed by atoms with Crippen LogP contribution in [0.25, 0.3) is 76.7 Å². The molecule has 0 saturated carbocycles. The average Bonchev–Trinajstić information content (AvgIpc) is 3.85. The summed E-state index contributed by atoms with van der Waals surface area (Å²) in [5.74, 6) is 0. The van der Waals surface area contributed by atoms with Crippen LogP contribution in [0.15, 0.2) is 188 Å². The van der Waals surface area contributed by atoms with Crippen LogP contribution >= 0.6 is 0 Å². The molecule has 11 rings (SSSR count). The predicted octanol–water partition coefficient (Wildman–Crippen LogP) is 13.1. The maximum atomic E-state index is 2.50. The van der Waals surface area contributed by atoms with Crippen molar-refractivity contribution in [1.82, 2.24) is 8.97 Å². The van der Waals surface area contributed by atoms with E-state index >= 15 is 0 Å². The lowest BCUT2D eigenvalue weighted by molar-refractivity contribution is 1.17. The minimum Gasteiger partial charge on any atom is -0.307 e. The summed E-state index contributed by atoms with van der Waals surface area (Å²) in [5, 5.41) is 7.55. The molecule has 8 aromatic carbocycles. The summed E-state index contributed by atoms with van der Waals surface area (Å²) in [6.45, 7) is 0. The molecule has 0 aliphatic rings. The molecule has 0 spiro atoms. The van der Waals surface area contributed by atoms with Crippen molar-refractivity contribution < 1.29 is 0 Å². The van der Waals surface area contributed by atoms with Gasteiger partial charge in [-0.15, -0.1) is 0 Å². The molecule has 0 aliphatic carbocycles. The van der Waals surface area contributed by atoms with Gasteiger partial charge in [0, 0.05) is 43.7 Å². The van der Waals surface area contributed by atoms with Gasteiger partial charge < -0.3 is 13.9 Å². The average molecular weight is 650 g/mol. The molecule has 3 aromatic heterocycles. The summed E-state index contributed by atoms with van der Waals surface area (Å²) in [7, 11) is 0. The first-order chi connectivity index (χ1) is 25.3. The Morgan fingerprint density at radius 1 is 0.314 bits per heavy atom. The summed E-state index contributed by atoms with van der Waals surface area (Å²) in [6.07, 6.45) is 0. The van der Waals surface area contributed by atoms with Gasteiger partial charge in [0.1, 0.15) is 0 Å². The number of nitrogens with zero attached hydrogens (tertiary/aromatic N) is 3. The van der Waals surface area contributed by atoms with Crippen LogP contribution in [0.1, 0.15) is 0 Å². The minimum atomic E-state index is 1.10. The molecule has 0 aliphatic heterocycles. The molecule has 0 radical (unpaired) electrons. The third kappa shape index (κ3) is 4.00. The highest BCUT2D eigenvalue weighted by Crippen LogP contribution is 2.48. The summed E-state index contributed by atoms with van der Waals surface area (Å²) in [4.78, 5) is 2.49. The lowest BCUT2D eigenvalue weighted by Crippen LogP contribution is -2.12. The van der Waals surface area contributed by atoms with Gasteiger partial charge in [-0.3, -0.25) is 0 Å². The molecule has 51 heavy (non-hydrogen) atoms. The Labute approximate surface area is 294 Å². The quantitative estimate of drug-likeness (QED) is 0.181. The highest BCUT2D eigenvalue weighted by atomic mass is 15.2. The lowest BCUT2D eigenvalue weighted by Gasteiger charge is -2.28. The second-order valence-corrected chi connectivity index (χ2v) is 13.3. The van der Waals surface area contributed by atoms with Crippen molar-refractivity contribution in [2.24, 2.45) is 0 Å². The van der Waals surface area contributed by atoms with Crippen LogP contribution in [0, 0.1) is 0 Å². The van der Waals surface area contributed by atoms with E-state index < -0.39 is 0 Å². The molecule has 0 saturated heterocycles. The molecule has 238 valence electrons. The van der Waals surface area contributed by atoms with Crippen molar-refractivity contribution in [2.75, 3.05) is 4.90 Å². The van der Waals surface area contributed by atoms with Gasteiger partial charge in [-0.2, -0.15) is 0 Å². The van der Waals surface area contributed by atoms with Gasteiger partial charge in [-0.05, 0) is 59.7 Å². The van der Waals surface area contributed by atoms with E-state index in [0.29, 0.717) is 0 Å². The Balaban J connectivity index is 1.28. The summed E-state index contributed by atoms with van der Waals surface area (Å²) >= 11 is 0. The maximum absolute atomic E-state index is 2.50. The van der Waals surface area contributed by atoms with Gasteiger partial charge in [-0.1, -0.05) is 140 Å². The zero-order valence-corrected chi connectivity index (χ0v) is 27.7. The summed E-state index contributed by atoms with van der Waals surface area (Å²) in [6, 6.07) is 68.4. The van der Waals surface area contributed by atoms with Crippen LogP contribution in [0.3, 0.4) is 0 Å². The smallest absolute Gasteiger partial charge is 0.0782 e. The topological polar surface area (TPSA) is 12.6 Å². The van der Waals surface area contributed by atoms with E-state index in [1.54, 1.807) is 0 Å². The fraction of sp³-hybridized carbons (Fsp3) is 0. The molecule has 0 unspecified atom stereocenters. The largest absolute Gasteiger partial charge is 0.307 e. The standard InChI is InChI=1S/C48H31N3/c1-3-14-32(15-4-1)33-28-30-35(31-29-33)49(44-26-12-22-39-37-19-7-9-24-42(37)50(47(39)44)34-16-5-2-6-17-34)45-27-13-23-41-40-21-11-20-38-36-18-8-10-25-43(36)51(46(38)40)48(41)45/h1-31H. The van der Waals surface area contributed by atoms with E-state index in [1.807, 2.05) is 0 Å². The van der Waals surface area contributed by atoms with Gasteiger partial charge in [0.2, 0.25) is 0 Å². The number of aromatic nitrogens is 2. The van der Waals surface area contributed by atoms with Crippen LogP contribution in [0.2, 0.25) is 0 Å². The Kier molecular flexibility index (Phi) is 5.96. The van der Waals surface area contributed by atoms with Gasteiger partial charge in [-0.25, -0.2) is 0 Å². The zero-order valence-electron chi connectivity index (χ0n) is 27.7. The minimum absolute atomic E-state index is 1.10. The molecule has 11 aromatic rings. The summed E-state index contributed by atoms with van der Waals surface area (Å²) < 4.78 is 4.94. The van der Waals surface area contributed by atoms with Crippen LogP contribution in [-0.2, 0) is 0 Å². The van der Waals surface area contributed by atoms with E-state index in [9.17, 15) is 0 Å². The van der Waals surface area contributed by atoms with Crippen LogP contribution in [0.5, 0.6) is 0 Å². The van der Waals surface area contributed by atoms with E-state index in [0.717, 1.165) is 22.7 Å². The zero-order chi connectivity index (χ0) is 33.5. The summed E-state index contributed by atoms with van der Waals surface area (Å²) in [5.41, 5.74) is 13.0. The van der Waals surface area contributed by atoms with E-state index in [-0.39, 0.29) is 0 Å². The maximum Gasteiger partial charge on any atom is 0.0782 e. The Morgan fingerprint density at radius 3 is 1.49 bits per heavy atom. The highest BCUT2D eigenvalue weighted by Gasteiger charge is 2.26. The van der Waals surface area contributed by atoms with Gasteiger partial charge >= 0.3 is 0 Å². The van der Waals surface area contributed by atoms with Crippen LogP contribution in [0.4, 0.5) is 17.1 Å². The van der Waals surface area contributed by atoms with Crippen molar-refractivity contribution in [3.63, 3.8) is 0 Å². The number of rotatable bonds is 5. The van der Waals surface area contributed by atoms with Crippen molar-refractivity contribution >= 4 is 77.0 Å².